The van der Waals surface area contributed by atoms with Gasteiger partial charge in [0.2, 0.25) is 0 Å². The molecule has 0 saturated heterocycles. The van der Waals surface area contributed by atoms with Gasteiger partial charge in [-0.3, -0.25) is 0 Å². The Morgan fingerprint density at radius 2 is 1.58 bits per heavy atom. The Morgan fingerprint density at radius 3 is 1.92 bits per heavy atom. The van der Waals surface area contributed by atoms with Gasteiger partial charge < -0.3 is 5.48 Å². The maximum absolute atomic E-state index is 12.6. The van der Waals surface area contributed by atoms with Gasteiger partial charge in [-0.25, -0.2) is 8.78 Å². The molecule has 1 saturated carbocycles. The fourth-order valence-corrected chi connectivity index (χ4v) is 1.31. The number of halogens is 2. The lowest BCUT2D eigenvalue weighted by Gasteiger charge is -2.25. The molecule has 1 aliphatic rings. The second kappa shape index (κ2) is 7.47. The second-order valence-corrected chi connectivity index (χ2v) is 2.87. The highest BCUT2D eigenvalue weighted by molar-refractivity contribution is 4.78. The van der Waals surface area contributed by atoms with Crippen LogP contribution in [0.3, 0.4) is 0 Å². The molecule has 0 amide bonds. The summed E-state index contributed by atoms with van der Waals surface area (Å²) in [7, 11) is 0. The van der Waals surface area contributed by atoms with Crippen molar-refractivity contribution in [2.45, 2.75) is 52.4 Å². The highest BCUT2D eigenvalue weighted by atomic mass is 19.2. The van der Waals surface area contributed by atoms with E-state index in [9.17, 15) is 8.78 Å². The van der Waals surface area contributed by atoms with Gasteiger partial charge in [0, 0.05) is 0 Å². The average Bonchev–Trinajstić information content (AvgIpc) is 2.04. The molecular formula is C9H20F2O. The summed E-state index contributed by atoms with van der Waals surface area (Å²) in [5.74, 6) is -0.0613. The van der Waals surface area contributed by atoms with Crippen LogP contribution in [0.2, 0.25) is 0 Å². The van der Waals surface area contributed by atoms with E-state index in [4.69, 9.17) is 0 Å². The van der Waals surface area contributed by atoms with Gasteiger partial charge in [-0.15, -0.1) is 0 Å². The predicted molar refractivity (Wildman–Crippen MR) is 47.8 cm³/mol. The van der Waals surface area contributed by atoms with Crippen LogP contribution in [0, 0.1) is 5.92 Å². The lowest BCUT2D eigenvalue weighted by molar-refractivity contribution is 0.0752. The van der Waals surface area contributed by atoms with Gasteiger partial charge in [0.05, 0.1) is 0 Å². The molecule has 3 heteroatoms. The molecule has 1 fully saturated rings. The van der Waals surface area contributed by atoms with Gasteiger partial charge in [0.25, 0.3) is 0 Å². The molecule has 0 aromatic rings. The monoisotopic (exact) mass is 182 g/mol. The van der Waals surface area contributed by atoms with E-state index in [1.807, 2.05) is 13.8 Å². The summed E-state index contributed by atoms with van der Waals surface area (Å²) in [6, 6.07) is 0. The maximum atomic E-state index is 12.6. The molecule has 0 aliphatic heterocycles. The minimum absolute atomic E-state index is 0. The van der Waals surface area contributed by atoms with E-state index in [1.54, 1.807) is 6.92 Å². The molecule has 0 radical (unpaired) electrons. The SMILES string of the molecule is CC.CC1CCCC(F)C1F.O. The molecule has 1 nitrogen and oxygen atoms in total. The molecule has 0 heterocycles. The first kappa shape index (κ1) is 14.3. The summed E-state index contributed by atoms with van der Waals surface area (Å²) >= 11 is 0. The Hall–Kier alpha value is -0.180. The molecule has 12 heavy (non-hydrogen) atoms. The van der Waals surface area contributed by atoms with Gasteiger partial charge in [0.15, 0.2) is 0 Å². The van der Waals surface area contributed by atoms with Crippen LogP contribution in [0.5, 0.6) is 0 Å². The summed E-state index contributed by atoms with van der Waals surface area (Å²) in [5, 5.41) is 0. The van der Waals surface area contributed by atoms with Crippen LogP contribution in [0.4, 0.5) is 8.78 Å². The molecule has 1 aliphatic carbocycles. The third-order valence-electron chi connectivity index (χ3n) is 2.03. The minimum Gasteiger partial charge on any atom is -0.412 e. The molecule has 3 atom stereocenters. The molecule has 1 rings (SSSR count). The standard InChI is InChI=1S/C7H12F2.C2H6.H2O/c1-5-3-2-4-6(8)7(5)9;1-2;/h5-7H,2-4H2,1H3;1-2H3;1H2. The lowest BCUT2D eigenvalue weighted by Crippen LogP contribution is -2.29. The first-order chi connectivity index (χ1) is 5.22. The van der Waals surface area contributed by atoms with Crippen molar-refractivity contribution in [3.8, 4) is 0 Å². The van der Waals surface area contributed by atoms with Gasteiger partial charge >= 0.3 is 0 Å². The first-order valence-corrected chi connectivity index (χ1v) is 4.50. The van der Waals surface area contributed by atoms with Crippen molar-refractivity contribution < 1.29 is 14.3 Å². The van der Waals surface area contributed by atoms with Crippen molar-refractivity contribution in [1.82, 2.24) is 0 Å². The molecule has 0 aromatic carbocycles. The molecule has 0 spiro atoms. The Labute approximate surface area is 73.5 Å². The van der Waals surface area contributed by atoms with Crippen LogP contribution < -0.4 is 0 Å². The van der Waals surface area contributed by atoms with E-state index >= 15 is 0 Å². The third-order valence-corrected chi connectivity index (χ3v) is 2.03. The smallest absolute Gasteiger partial charge is 0.134 e. The molecule has 0 bridgehead atoms. The number of hydrogen-bond donors (Lipinski definition) is 0. The number of hydrogen-bond acceptors (Lipinski definition) is 0. The fraction of sp³-hybridized carbons (Fsp3) is 1.00. The highest BCUT2D eigenvalue weighted by Crippen LogP contribution is 2.28. The van der Waals surface area contributed by atoms with Crippen LogP contribution in [-0.4, -0.2) is 17.8 Å². The van der Waals surface area contributed by atoms with Crippen molar-refractivity contribution in [3.63, 3.8) is 0 Å². The van der Waals surface area contributed by atoms with E-state index in [2.05, 4.69) is 0 Å². The molecule has 76 valence electrons. The van der Waals surface area contributed by atoms with Crippen molar-refractivity contribution >= 4 is 0 Å². The normalized spacial score (nSPS) is 34.2. The maximum Gasteiger partial charge on any atom is 0.134 e. The van der Waals surface area contributed by atoms with Crippen LogP contribution in [0.1, 0.15) is 40.0 Å². The average molecular weight is 182 g/mol. The summed E-state index contributed by atoms with van der Waals surface area (Å²) in [6.45, 7) is 5.77. The van der Waals surface area contributed by atoms with Gasteiger partial charge in [-0.2, -0.15) is 0 Å². The van der Waals surface area contributed by atoms with E-state index in [0.717, 1.165) is 12.8 Å². The van der Waals surface area contributed by atoms with Gasteiger partial charge in [-0.05, 0) is 18.8 Å². The zero-order chi connectivity index (χ0) is 8.85. The zero-order valence-corrected chi connectivity index (χ0v) is 8.11. The Kier molecular flexibility index (Phi) is 8.93. The summed E-state index contributed by atoms with van der Waals surface area (Å²) in [5.41, 5.74) is 0. The topological polar surface area (TPSA) is 31.5 Å². The number of rotatable bonds is 0. The van der Waals surface area contributed by atoms with Crippen molar-refractivity contribution in [1.29, 1.82) is 0 Å². The third kappa shape index (κ3) is 4.00. The summed E-state index contributed by atoms with van der Waals surface area (Å²) in [4.78, 5) is 0. The van der Waals surface area contributed by atoms with Crippen LogP contribution >= 0.6 is 0 Å². The Balaban J connectivity index is 0. The molecule has 0 aromatic heterocycles. The van der Waals surface area contributed by atoms with Crippen LogP contribution in [0.15, 0.2) is 0 Å². The van der Waals surface area contributed by atoms with Gasteiger partial charge in [0.1, 0.15) is 12.3 Å². The van der Waals surface area contributed by atoms with E-state index < -0.39 is 12.3 Å². The zero-order valence-electron chi connectivity index (χ0n) is 8.11. The van der Waals surface area contributed by atoms with Crippen molar-refractivity contribution in [2.75, 3.05) is 0 Å². The Bertz CT molecular complexity index is 88.5. The Morgan fingerprint density at radius 1 is 1.08 bits per heavy atom. The first-order valence-electron chi connectivity index (χ1n) is 4.50. The summed E-state index contributed by atoms with van der Waals surface area (Å²) in [6.07, 6.45) is -0.261. The van der Waals surface area contributed by atoms with E-state index in [0.29, 0.717) is 6.42 Å². The van der Waals surface area contributed by atoms with E-state index in [-0.39, 0.29) is 11.4 Å². The van der Waals surface area contributed by atoms with Gasteiger partial charge in [-0.1, -0.05) is 27.2 Å². The predicted octanol–water partition coefficient (Wildman–Crippen LogP) is 2.68. The minimum atomic E-state index is -1.20. The highest BCUT2D eigenvalue weighted by Gasteiger charge is 2.29. The van der Waals surface area contributed by atoms with Crippen LogP contribution in [0.25, 0.3) is 0 Å². The summed E-state index contributed by atoms with van der Waals surface area (Å²) < 4.78 is 25.0. The molecule has 3 unspecified atom stereocenters. The fourth-order valence-electron chi connectivity index (χ4n) is 1.31. The molecular weight excluding hydrogens is 162 g/mol. The largest absolute Gasteiger partial charge is 0.412 e. The van der Waals surface area contributed by atoms with Crippen LogP contribution in [-0.2, 0) is 0 Å². The van der Waals surface area contributed by atoms with Crippen molar-refractivity contribution in [3.05, 3.63) is 0 Å². The molecule has 2 N–H and O–H groups in total. The van der Waals surface area contributed by atoms with Crippen molar-refractivity contribution in [2.24, 2.45) is 5.92 Å². The van der Waals surface area contributed by atoms with E-state index in [1.165, 1.54) is 0 Å². The quantitative estimate of drug-likeness (QED) is 0.551. The number of alkyl halides is 2. The second-order valence-electron chi connectivity index (χ2n) is 2.87. The lowest BCUT2D eigenvalue weighted by atomic mass is 9.88.